The van der Waals surface area contributed by atoms with Crippen LogP contribution in [0, 0.1) is 5.82 Å². The van der Waals surface area contributed by atoms with Crippen molar-refractivity contribution in [2.24, 2.45) is 5.73 Å². The minimum atomic E-state index is -0.499. The van der Waals surface area contributed by atoms with Crippen LogP contribution in [0.2, 0.25) is 5.02 Å². The van der Waals surface area contributed by atoms with Gasteiger partial charge in [-0.05, 0) is 34.5 Å². The van der Waals surface area contributed by atoms with Gasteiger partial charge >= 0.3 is 0 Å². The zero-order valence-electron chi connectivity index (χ0n) is 9.33. The smallest absolute Gasteiger partial charge is 0.255 e. The van der Waals surface area contributed by atoms with E-state index >= 15 is 0 Å². The summed E-state index contributed by atoms with van der Waals surface area (Å²) in [5, 5.41) is 0.240. The van der Waals surface area contributed by atoms with E-state index in [0.29, 0.717) is 13.1 Å². The molecule has 1 aliphatic heterocycles. The van der Waals surface area contributed by atoms with Crippen molar-refractivity contribution in [3.8, 4) is 0 Å². The van der Waals surface area contributed by atoms with E-state index in [1.165, 1.54) is 6.07 Å². The second kappa shape index (κ2) is 6.19. The number of hydrogen-bond acceptors (Lipinski definition) is 2. The summed E-state index contributed by atoms with van der Waals surface area (Å²) in [5.74, 6) is -0.768. The third-order valence-electron chi connectivity index (χ3n) is 2.75. The fourth-order valence-corrected chi connectivity index (χ4v) is 2.55. The summed E-state index contributed by atoms with van der Waals surface area (Å²) in [5.41, 5.74) is 5.91. The lowest BCUT2D eigenvalue weighted by Gasteiger charge is -2.16. The lowest BCUT2D eigenvalue weighted by atomic mass is 10.2. The molecule has 1 aromatic rings. The zero-order chi connectivity index (χ0) is 12.6. The maximum Gasteiger partial charge on any atom is 0.255 e. The highest BCUT2D eigenvalue weighted by molar-refractivity contribution is 9.10. The lowest BCUT2D eigenvalue weighted by Crippen LogP contribution is -2.32. The lowest BCUT2D eigenvalue weighted by molar-refractivity contribution is 0.0790. The Kier molecular flexibility index (Phi) is 5.40. The molecule has 7 heteroatoms. The minimum absolute atomic E-state index is 0. The summed E-state index contributed by atoms with van der Waals surface area (Å²) in [7, 11) is 0. The first-order valence-corrected chi connectivity index (χ1v) is 6.35. The van der Waals surface area contributed by atoms with Crippen molar-refractivity contribution in [1.82, 2.24) is 4.90 Å². The molecule has 1 aromatic carbocycles. The van der Waals surface area contributed by atoms with E-state index in [9.17, 15) is 9.18 Å². The Morgan fingerprint density at radius 2 is 2.22 bits per heavy atom. The maximum atomic E-state index is 13.4. The van der Waals surface area contributed by atoms with Crippen molar-refractivity contribution in [2.45, 2.75) is 12.5 Å². The van der Waals surface area contributed by atoms with Crippen LogP contribution in [-0.4, -0.2) is 29.9 Å². The first kappa shape index (κ1) is 15.7. The van der Waals surface area contributed by atoms with Crippen LogP contribution >= 0.6 is 39.9 Å². The van der Waals surface area contributed by atoms with Gasteiger partial charge in [0.1, 0.15) is 5.82 Å². The Morgan fingerprint density at radius 3 is 2.78 bits per heavy atom. The molecule has 1 heterocycles. The molecule has 3 nitrogen and oxygen atoms in total. The molecule has 0 spiro atoms. The van der Waals surface area contributed by atoms with E-state index < -0.39 is 5.82 Å². The number of carbonyl (C=O) groups excluding carboxylic acids is 1. The Morgan fingerprint density at radius 1 is 1.56 bits per heavy atom. The summed E-state index contributed by atoms with van der Waals surface area (Å²) in [4.78, 5) is 13.7. The van der Waals surface area contributed by atoms with Crippen LogP contribution in [0.15, 0.2) is 16.6 Å². The highest BCUT2D eigenvalue weighted by Gasteiger charge is 2.26. The third-order valence-corrected chi connectivity index (χ3v) is 3.67. The van der Waals surface area contributed by atoms with Crippen LogP contribution in [0.25, 0.3) is 0 Å². The highest BCUT2D eigenvalue weighted by Crippen LogP contribution is 2.26. The summed E-state index contributed by atoms with van der Waals surface area (Å²) in [6.07, 6.45) is 0.766. The van der Waals surface area contributed by atoms with Gasteiger partial charge in [-0.2, -0.15) is 0 Å². The van der Waals surface area contributed by atoms with Crippen molar-refractivity contribution in [2.75, 3.05) is 13.1 Å². The number of nitrogens with zero attached hydrogens (tertiary/aromatic N) is 1. The molecule has 0 saturated carbocycles. The molecular weight excluding hydrogens is 346 g/mol. The van der Waals surface area contributed by atoms with E-state index in [4.69, 9.17) is 17.3 Å². The SMILES string of the molecule is Cl.N[C@H]1CCN(C(=O)c2cc(F)c(Br)cc2Cl)C1. The number of amides is 1. The summed E-state index contributed by atoms with van der Waals surface area (Å²) >= 11 is 8.95. The number of rotatable bonds is 1. The molecule has 1 fully saturated rings. The summed E-state index contributed by atoms with van der Waals surface area (Å²) in [6, 6.07) is 2.54. The first-order chi connectivity index (χ1) is 7.99. The van der Waals surface area contributed by atoms with Gasteiger partial charge in [0.15, 0.2) is 0 Å². The number of nitrogens with two attached hydrogens (primary N) is 1. The molecule has 0 aromatic heterocycles. The van der Waals surface area contributed by atoms with Crippen molar-refractivity contribution >= 4 is 45.8 Å². The van der Waals surface area contributed by atoms with Crippen molar-refractivity contribution < 1.29 is 9.18 Å². The molecule has 1 amide bonds. The normalized spacial score (nSPS) is 18.7. The second-order valence-electron chi connectivity index (χ2n) is 4.05. The van der Waals surface area contributed by atoms with Crippen molar-refractivity contribution in [3.05, 3.63) is 33.0 Å². The molecule has 1 saturated heterocycles. The predicted molar refractivity (Wildman–Crippen MR) is 74.9 cm³/mol. The Labute approximate surface area is 124 Å². The van der Waals surface area contributed by atoms with Gasteiger partial charge in [-0.1, -0.05) is 11.6 Å². The standard InChI is InChI=1S/C11H11BrClFN2O.ClH/c12-8-4-9(13)7(3-10(8)14)11(17)16-2-1-6(15)5-16;/h3-4,6H,1-2,5,15H2;1H/t6-;/m0./s1. The van der Waals surface area contributed by atoms with Crippen molar-refractivity contribution in [1.29, 1.82) is 0 Å². The first-order valence-electron chi connectivity index (χ1n) is 5.18. The summed E-state index contributed by atoms with van der Waals surface area (Å²) in [6.45, 7) is 1.08. The molecule has 0 radical (unpaired) electrons. The molecule has 0 bridgehead atoms. The van der Waals surface area contributed by atoms with E-state index in [0.717, 1.165) is 12.5 Å². The van der Waals surface area contributed by atoms with E-state index in [1.54, 1.807) is 4.90 Å². The van der Waals surface area contributed by atoms with E-state index in [2.05, 4.69) is 15.9 Å². The second-order valence-corrected chi connectivity index (χ2v) is 5.31. The minimum Gasteiger partial charge on any atom is -0.337 e. The molecule has 2 N–H and O–H groups in total. The van der Waals surface area contributed by atoms with Gasteiger partial charge in [-0.15, -0.1) is 12.4 Å². The Balaban J connectivity index is 0.00000162. The molecular formula is C11H12BrCl2FN2O. The average molecular weight is 358 g/mol. The molecule has 1 atom stereocenters. The Hall–Kier alpha value is -0.360. The third kappa shape index (κ3) is 3.15. The molecule has 0 unspecified atom stereocenters. The fourth-order valence-electron chi connectivity index (χ4n) is 1.83. The van der Waals surface area contributed by atoms with E-state index in [1.807, 2.05) is 0 Å². The van der Waals surface area contributed by atoms with Crippen LogP contribution in [0.4, 0.5) is 4.39 Å². The number of halogens is 4. The van der Waals surface area contributed by atoms with Gasteiger partial charge in [0.25, 0.3) is 5.91 Å². The topological polar surface area (TPSA) is 46.3 Å². The van der Waals surface area contributed by atoms with Crippen LogP contribution in [-0.2, 0) is 0 Å². The average Bonchev–Trinajstić information content (AvgIpc) is 2.69. The van der Waals surface area contributed by atoms with Gasteiger partial charge in [0.05, 0.1) is 15.1 Å². The summed E-state index contributed by atoms with van der Waals surface area (Å²) < 4.78 is 13.6. The van der Waals surface area contributed by atoms with Gasteiger partial charge < -0.3 is 10.6 Å². The largest absolute Gasteiger partial charge is 0.337 e. The number of likely N-dealkylation sites (tertiary alicyclic amines) is 1. The quantitative estimate of drug-likeness (QED) is 0.785. The van der Waals surface area contributed by atoms with Crippen LogP contribution in [0.5, 0.6) is 0 Å². The van der Waals surface area contributed by atoms with Crippen LogP contribution < -0.4 is 5.73 Å². The van der Waals surface area contributed by atoms with Gasteiger partial charge in [-0.3, -0.25) is 4.79 Å². The predicted octanol–water partition coefficient (Wildman–Crippen LogP) is 2.84. The van der Waals surface area contributed by atoms with Gasteiger partial charge in [-0.25, -0.2) is 4.39 Å². The van der Waals surface area contributed by atoms with Gasteiger partial charge in [0, 0.05) is 19.1 Å². The van der Waals surface area contributed by atoms with Gasteiger partial charge in [0.2, 0.25) is 0 Å². The fraction of sp³-hybridized carbons (Fsp3) is 0.364. The van der Waals surface area contributed by atoms with E-state index in [-0.39, 0.29) is 39.4 Å². The molecule has 0 aliphatic carbocycles. The van der Waals surface area contributed by atoms with Crippen LogP contribution in [0.1, 0.15) is 16.8 Å². The molecule has 100 valence electrons. The molecule has 18 heavy (non-hydrogen) atoms. The monoisotopic (exact) mass is 356 g/mol. The highest BCUT2D eigenvalue weighted by atomic mass is 79.9. The molecule has 1 aliphatic rings. The number of hydrogen-bond donors (Lipinski definition) is 1. The number of carbonyl (C=O) groups is 1. The maximum absolute atomic E-state index is 13.4. The molecule has 2 rings (SSSR count). The zero-order valence-corrected chi connectivity index (χ0v) is 12.5. The van der Waals surface area contributed by atoms with Crippen molar-refractivity contribution in [3.63, 3.8) is 0 Å². The Bertz CT molecular complexity index is 473. The number of benzene rings is 1. The van der Waals surface area contributed by atoms with Crippen LogP contribution in [0.3, 0.4) is 0 Å².